The second-order valence-electron chi connectivity index (χ2n) is 9.84. The SMILES string of the molecule is CCN(CCOCCNC(=O)O)CCOc1ccc(Oc2c(-c3ccc(S(C)(=O)=O)cc3)ccc3cc(O)ccc23)cc1. The molecule has 0 aliphatic heterocycles. The second kappa shape index (κ2) is 14.7. The maximum atomic E-state index is 11.9. The molecule has 10 nitrogen and oxygen atoms in total. The van der Waals surface area contributed by atoms with Gasteiger partial charge >= 0.3 is 6.09 Å². The molecule has 0 aromatic heterocycles. The van der Waals surface area contributed by atoms with Crippen LogP contribution < -0.4 is 14.8 Å². The Labute approximate surface area is 251 Å². The first-order valence-electron chi connectivity index (χ1n) is 13.9. The third kappa shape index (κ3) is 9.08. The molecule has 228 valence electrons. The third-order valence-corrected chi connectivity index (χ3v) is 7.92. The minimum absolute atomic E-state index is 0.146. The summed E-state index contributed by atoms with van der Waals surface area (Å²) in [6, 6.07) is 22.8. The molecule has 0 heterocycles. The Balaban J connectivity index is 1.41. The molecular formula is C32H36N2O8S. The van der Waals surface area contributed by atoms with Crippen LogP contribution in [-0.4, -0.2) is 81.9 Å². The van der Waals surface area contributed by atoms with Crippen molar-refractivity contribution in [2.45, 2.75) is 11.8 Å². The van der Waals surface area contributed by atoms with Gasteiger partial charge in [0.25, 0.3) is 0 Å². The summed E-state index contributed by atoms with van der Waals surface area (Å²) in [5, 5.41) is 22.4. The first-order chi connectivity index (χ1) is 20.6. The number of phenolic OH excluding ortho intramolecular Hbond substituents is 1. The Kier molecular flexibility index (Phi) is 10.8. The Morgan fingerprint density at radius 2 is 1.58 bits per heavy atom. The molecule has 1 amide bonds. The van der Waals surface area contributed by atoms with E-state index < -0.39 is 15.9 Å². The highest BCUT2D eigenvalue weighted by atomic mass is 32.2. The van der Waals surface area contributed by atoms with Crippen molar-refractivity contribution in [1.82, 2.24) is 10.2 Å². The van der Waals surface area contributed by atoms with Crippen LogP contribution in [0.1, 0.15) is 6.92 Å². The van der Waals surface area contributed by atoms with Crippen LogP contribution in [0.2, 0.25) is 0 Å². The number of nitrogens with one attached hydrogen (secondary N) is 1. The summed E-state index contributed by atoms with van der Waals surface area (Å²) in [6.07, 6.45) is 0.114. The van der Waals surface area contributed by atoms with E-state index in [0.29, 0.717) is 50.2 Å². The van der Waals surface area contributed by atoms with E-state index in [4.69, 9.17) is 19.3 Å². The number of likely N-dealkylation sites (N-methyl/N-ethyl adjacent to an activating group) is 1. The van der Waals surface area contributed by atoms with Crippen molar-refractivity contribution in [3.05, 3.63) is 78.9 Å². The average molecular weight is 609 g/mol. The maximum absolute atomic E-state index is 11.9. The molecule has 0 fully saturated rings. The van der Waals surface area contributed by atoms with Crippen molar-refractivity contribution < 1.29 is 37.6 Å². The molecule has 0 atom stereocenters. The molecular weight excluding hydrogens is 572 g/mol. The number of carbonyl (C=O) groups is 1. The fourth-order valence-electron chi connectivity index (χ4n) is 4.48. The summed E-state index contributed by atoms with van der Waals surface area (Å²) in [7, 11) is -3.32. The molecule has 11 heteroatoms. The zero-order valence-electron chi connectivity index (χ0n) is 24.2. The summed E-state index contributed by atoms with van der Waals surface area (Å²) in [6.45, 7) is 5.86. The van der Waals surface area contributed by atoms with Crippen molar-refractivity contribution in [1.29, 1.82) is 0 Å². The van der Waals surface area contributed by atoms with E-state index in [9.17, 15) is 18.3 Å². The lowest BCUT2D eigenvalue weighted by molar-refractivity contribution is 0.100. The summed E-state index contributed by atoms with van der Waals surface area (Å²) in [5.74, 6) is 2.01. The number of nitrogens with zero attached hydrogens (tertiary/aromatic N) is 1. The van der Waals surface area contributed by atoms with Gasteiger partial charge in [-0.05, 0) is 78.2 Å². The van der Waals surface area contributed by atoms with Crippen LogP contribution in [0.4, 0.5) is 4.79 Å². The smallest absolute Gasteiger partial charge is 0.404 e. The Morgan fingerprint density at radius 3 is 2.26 bits per heavy atom. The molecule has 0 saturated heterocycles. The summed E-state index contributed by atoms with van der Waals surface area (Å²) in [4.78, 5) is 12.9. The van der Waals surface area contributed by atoms with E-state index in [1.807, 2.05) is 36.4 Å². The Morgan fingerprint density at radius 1 is 0.884 bits per heavy atom. The van der Waals surface area contributed by atoms with Crippen LogP contribution in [0.5, 0.6) is 23.0 Å². The topological polar surface area (TPSA) is 135 Å². The van der Waals surface area contributed by atoms with Crippen molar-refractivity contribution in [2.24, 2.45) is 0 Å². The maximum Gasteiger partial charge on any atom is 0.404 e. The lowest BCUT2D eigenvalue weighted by atomic mass is 9.99. The fourth-order valence-corrected chi connectivity index (χ4v) is 5.11. The Bertz CT molecular complexity index is 1620. The number of phenols is 1. The monoisotopic (exact) mass is 608 g/mol. The van der Waals surface area contributed by atoms with E-state index in [0.717, 1.165) is 28.4 Å². The van der Waals surface area contributed by atoms with Gasteiger partial charge in [0.2, 0.25) is 0 Å². The third-order valence-electron chi connectivity index (χ3n) is 6.79. The van der Waals surface area contributed by atoms with Crippen LogP contribution >= 0.6 is 0 Å². The normalized spacial score (nSPS) is 11.5. The van der Waals surface area contributed by atoms with Gasteiger partial charge in [0, 0.05) is 36.8 Å². The minimum Gasteiger partial charge on any atom is -0.508 e. The number of rotatable bonds is 15. The van der Waals surface area contributed by atoms with Crippen LogP contribution in [-0.2, 0) is 14.6 Å². The lowest BCUT2D eigenvalue weighted by Crippen LogP contribution is -2.32. The summed E-state index contributed by atoms with van der Waals surface area (Å²) in [5.41, 5.74) is 1.57. The number of sulfone groups is 1. The molecule has 4 aromatic carbocycles. The summed E-state index contributed by atoms with van der Waals surface area (Å²) >= 11 is 0. The minimum atomic E-state index is -3.32. The largest absolute Gasteiger partial charge is 0.508 e. The zero-order chi connectivity index (χ0) is 30.8. The van der Waals surface area contributed by atoms with E-state index in [1.54, 1.807) is 42.5 Å². The van der Waals surface area contributed by atoms with E-state index >= 15 is 0 Å². The van der Waals surface area contributed by atoms with Gasteiger partial charge in [-0.1, -0.05) is 25.1 Å². The van der Waals surface area contributed by atoms with Gasteiger partial charge in [-0.2, -0.15) is 0 Å². The summed E-state index contributed by atoms with van der Waals surface area (Å²) < 4.78 is 41.7. The number of benzene rings is 4. The van der Waals surface area contributed by atoms with Gasteiger partial charge in [-0.15, -0.1) is 0 Å². The van der Waals surface area contributed by atoms with Gasteiger partial charge in [0.05, 0.1) is 18.1 Å². The van der Waals surface area contributed by atoms with E-state index in [2.05, 4.69) is 17.1 Å². The van der Waals surface area contributed by atoms with Crippen LogP contribution in [0.25, 0.3) is 21.9 Å². The van der Waals surface area contributed by atoms with E-state index in [1.165, 1.54) is 6.26 Å². The van der Waals surface area contributed by atoms with Crippen molar-refractivity contribution in [2.75, 3.05) is 52.3 Å². The molecule has 4 aromatic rings. The number of hydrogen-bond acceptors (Lipinski definition) is 8. The van der Waals surface area contributed by atoms with Gasteiger partial charge in [0.1, 0.15) is 29.6 Å². The fraction of sp³-hybridized carbons (Fsp3) is 0.281. The van der Waals surface area contributed by atoms with Gasteiger partial charge in [0.15, 0.2) is 9.84 Å². The Hall–Kier alpha value is -4.32. The lowest BCUT2D eigenvalue weighted by Gasteiger charge is -2.20. The highest BCUT2D eigenvalue weighted by molar-refractivity contribution is 7.90. The second-order valence-corrected chi connectivity index (χ2v) is 11.9. The van der Waals surface area contributed by atoms with E-state index in [-0.39, 0.29) is 17.2 Å². The number of hydrogen-bond donors (Lipinski definition) is 3. The number of carboxylic acid groups (broad SMARTS) is 1. The predicted octanol–water partition coefficient (Wildman–Crippen LogP) is 5.39. The van der Waals surface area contributed by atoms with Crippen molar-refractivity contribution in [3.8, 4) is 34.1 Å². The molecule has 3 N–H and O–H groups in total. The first-order valence-corrected chi connectivity index (χ1v) is 15.8. The first kappa shape index (κ1) is 31.6. The molecule has 0 bridgehead atoms. The molecule has 0 spiro atoms. The van der Waals surface area contributed by atoms with Gasteiger partial charge in [-0.3, -0.25) is 4.90 Å². The van der Waals surface area contributed by atoms with Crippen molar-refractivity contribution >= 4 is 26.7 Å². The van der Waals surface area contributed by atoms with Gasteiger partial charge in [-0.25, -0.2) is 13.2 Å². The number of ether oxygens (including phenoxy) is 3. The van der Waals surface area contributed by atoms with Crippen LogP contribution in [0.15, 0.2) is 83.8 Å². The zero-order valence-corrected chi connectivity index (χ0v) is 25.0. The molecule has 0 radical (unpaired) electrons. The molecule has 4 rings (SSSR count). The standard InChI is InChI=1S/C32H36N2O8S/c1-3-34(17-20-40-19-16-33-32(36)37)18-21-41-26-8-10-27(11-9-26)42-31-29(14-6-24-22-25(35)7-15-30(24)31)23-4-12-28(13-5-23)43(2,38)39/h4-15,22,33,35H,3,16-21H2,1-2H3,(H,36,37). The number of amides is 1. The van der Waals surface area contributed by atoms with Crippen molar-refractivity contribution in [3.63, 3.8) is 0 Å². The highest BCUT2D eigenvalue weighted by Crippen LogP contribution is 2.41. The predicted molar refractivity (Wildman–Crippen MR) is 165 cm³/mol. The highest BCUT2D eigenvalue weighted by Gasteiger charge is 2.15. The van der Waals surface area contributed by atoms with Crippen LogP contribution in [0, 0.1) is 0 Å². The molecule has 0 unspecified atom stereocenters. The molecule has 43 heavy (non-hydrogen) atoms. The quantitative estimate of drug-likeness (QED) is 0.152. The molecule has 0 aliphatic rings. The van der Waals surface area contributed by atoms with Crippen LogP contribution in [0.3, 0.4) is 0 Å². The number of aromatic hydroxyl groups is 1. The molecule has 0 saturated carbocycles. The van der Waals surface area contributed by atoms with Gasteiger partial charge < -0.3 is 29.7 Å². The number of fused-ring (bicyclic) bond motifs is 1. The average Bonchev–Trinajstić information content (AvgIpc) is 2.98. The molecule has 0 aliphatic carbocycles.